The molecule has 7 heterocycles. The zero-order valence-corrected chi connectivity index (χ0v) is 24.0. The van der Waals surface area contributed by atoms with Crippen LogP contribution in [0.5, 0.6) is 0 Å². The van der Waals surface area contributed by atoms with E-state index in [2.05, 4.69) is 30.3 Å². The Morgan fingerprint density at radius 3 is 2.78 bits per heavy atom. The molecule has 25 heteroatoms. The number of carbonyl (C=O) groups is 1. The summed E-state index contributed by atoms with van der Waals surface area (Å²) in [7, 11) is -10.1. The van der Waals surface area contributed by atoms with Gasteiger partial charge in [0.05, 0.1) is 19.3 Å². The van der Waals surface area contributed by atoms with E-state index in [1.54, 1.807) is 0 Å². The van der Waals surface area contributed by atoms with Gasteiger partial charge in [0.15, 0.2) is 42.0 Å². The number of ether oxygens (including phenoxy) is 2. The zero-order valence-electron chi connectivity index (χ0n) is 22.3. The third kappa shape index (κ3) is 5.27. The number of imidazole rings is 1. The second kappa shape index (κ2) is 10.8. The van der Waals surface area contributed by atoms with E-state index in [0.717, 1.165) is 17.6 Å². The molecule has 0 radical (unpaired) electrons. The van der Waals surface area contributed by atoms with E-state index in [1.165, 1.54) is 10.9 Å². The highest BCUT2D eigenvalue weighted by Gasteiger charge is 2.55. The summed E-state index contributed by atoms with van der Waals surface area (Å²) in [4.78, 5) is 45.8. The molecule has 2 unspecified atom stereocenters. The topological polar surface area (TPSA) is 303 Å². The molecule has 5 aliphatic rings. The minimum atomic E-state index is -5.33. The Balaban J connectivity index is 1.14. The number of nitrogens with one attached hydrogen (secondary N) is 3. The van der Waals surface area contributed by atoms with Crippen molar-refractivity contribution in [1.29, 1.82) is 5.41 Å². The largest absolute Gasteiger partial charge is 0.756 e. The van der Waals surface area contributed by atoms with E-state index >= 15 is 4.39 Å². The zero-order chi connectivity index (χ0) is 31.8. The van der Waals surface area contributed by atoms with Gasteiger partial charge in [-0.05, 0) is 0 Å². The number of nitrogens with two attached hydrogens (primary N) is 1. The predicted molar refractivity (Wildman–Crippen MR) is 141 cm³/mol. The molecule has 45 heavy (non-hydrogen) atoms. The van der Waals surface area contributed by atoms with Gasteiger partial charge in [0.2, 0.25) is 5.96 Å². The third-order valence-corrected chi connectivity index (χ3v) is 9.39. The summed E-state index contributed by atoms with van der Waals surface area (Å²) in [5, 5.41) is 20.9. The lowest BCUT2D eigenvalue weighted by molar-refractivity contribution is -0.236. The van der Waals surface area contributed by atoms with Crippen molar-refractivity contribution in [3.63, 3.8) is 0 Å². The number of phosphoric ester groups is 1. The van der Waals surface area contributed by atoms with E-state index in [4.69, 9.17) is 33.8 Å². The fourth-order valence-corrected chi connectivity index (χ4v) is 7.32. The van der Waals surface area contributed by atoms with Gasteiger partial charge in [-0.15, -0.1) is 0 Å². The molecule has 1 amide bonds. The molecule has 3 fully saturated rings. The number of guanidine groups is 1. The third-order valence-electron chi connectivity index (χ3n) is 7.42. The maximum atomic E-state index is 15.8. The SMILES string of the molecule is N=C1N=C2C(N=CN2[C@@H]2O[C@@H]3COP(=O)([O-])O[C@H]4[C@@H](O)[C@H](n5cnc6c(N)ncnc65)O[C@@H]4CNS(=O)(=O)O[C@H]3[C@H]2F)C(=O)N1. The Kier molecular flexibility index (Phi) is 7.19. The van der Waals surface area contributed by atoms with Crippen LogP contribution in [0.1, 0.15) is 6.23 Å². The number of amidine groups is 1. The van der Waals surface area contributed by atoms with Crippen LogP contribution in [0.3, 0.4) is 0 Å². The second-order valence-corrected chi connectivity index (χ2v) is 13.0. The summed E-state index contributed by atoms with van der Waals surface area (Å²) in [6, 6.07) is -1.22. The number of carbonyl (C=O) groups excluding carboxylic acids is 1. The molecule has 0 aromatic carbocycles. The van der Waals surface area contributed by atoms with E-state index in [0.29, 0.717) is 0 Å². The van der Waals surface area contributed by atoms with Crippen LogP contribution in [-0.4, -0.2) is 124 Å². The Hall–Kier alpha value is -3.58. The summed E-state index contributed by atoms with van der Waals surface area (Å²) in [6.45, 7) is -1.70. The van der Waals surface area contributed by atoms with Crippen molar-refractivity contribution < 1.29 is 54.9 Å². The van der Waals surface area contributed by atoms with Crippen LogP contribution < -0.4 is 20.7 Å². The van der Waals surface area contributed by atoms with E-state index in [-0.39, 0.29) is 22.8 Å². The number of hydrogen-bond donors (Lipinski definition) is 5. The quantitative estimate of drug-likeness (QED) is 0.190. The summed E-state index contributed by atoms with van der Waals surface area (Å²) < 4.78 is 84.6. The van der Waals surface area contributed by atoms with Crippen molar-refractivity contribution >= 4 is 59.1 Å². The maximum absolute atomic E-state index is 15.8. The normalized spacial score (nSPS) is 39.8. The summed E-state index contributed by atoms with van der Waals surface area (Å²) in [5.41, 5.74) is 6.08. The first-order valence-corrected chi connectivity index (χ1v) is 15.9. The number of aliphatic hydroxyl groups excluding tert-OH is 1. The van der Waals surface area contributed by atoms with E-state index < -0.39 is 98.3 Å². The van der Waals surface area contributed by atoms with E-state index in [9.17, 15) is 27.8 Å². The fraction of sp³-hybridized carbons (Fsp3) is 0.550. The highest BCUT2D eigenvalue weighted by atomic mass is 32.2. The second-order valence-electron chi connectivity index (χ2n) is 10.2. The molecular formula is C20H22FN11O11PS-. The molecule has 10 atom stereocenters. The molecule has 242 valence electrons. The molecule has 0 spiro atoms. The lowest BCUT2D eigenvalue weighted by Crippen LogP contribution is -2.52. The van der Waals surface area contributed by atoms with Crippen LogP contribution in [0.4, 0.5) is 10.2 Å². The first kappa shape index (κ1) is 30.1. The minimum Gasteiger partial charge on any atom is -0.756 e. The van der Waals surface area contributed by atoms with Crippen molar-refractivity contribution in [2.24, 2.45) is 9.98 Å². The molecule has 6 N–H and O–H groups in total. The van der Waals surface area contributed by atoms with Gasteiger partial charge < -0.3 is 34.3 Å². The Morgan fingerprint density at radius 2 is 1.98 bits per heavy atom. The molecule has 7 rings (SSSR count). The van der Waals surface area contributed by atoms with Crippen molar-refractivity contribution in [2.75, 3.05) is 18.9 Å². The molecule has 22 nitrogen and oxygen atoms in total. The van der Waals surface area contributed by atoms with Crippen molar-refractivity contribution in [3.8, 4) is 0 Å². The van der Waals surface area contributed by atoms with Gasteiger partial charge in [0.1, 0.15) is 42.4 Å². The monoisotopic (exact) mass is 674 g/mol. The molecule has 0 bridgehead atoms. The fourth-order valence-electron chi connectivity index (χ4n) is 5.41. The smallest absolute Gasteiger partial charge is 0.336 e. The number of hydrogen-bond acceptors (Lipinski definition) is 18. The van der Waals surface area contributed by atoms with Crippen molar-refractivity contribution in [3.05, 3.63) is 12.7 Å². The van der Waals surface area contributed by atoms with Gasteiger partial charge in [0.25, 0.3) is 13.7 Å². The number of halogens is 1. The Morgan fingerprint density at radius 1 is 1.20 bits per heavy atom. The number of aliphatic hydroxyl groups is 1. The van der Waals surface area contributed by atoms with Crippen LogP contribution in [0.25, 0.3) is 11.2 Å². The lowest BCUT2D eigenvalue weighted by Gasteiger charge is -2.31. The Labute approximate surface area is 250 Å². The Bertz CT molecular complexity index is 1790. The number of nitrogen functional groups attached to an aromatic ring is 1. The standard InChI is InChI=1S/C20H23FN11O11PS/c21-8-12-7(41-18(8)32-5-27-10-16(32)29-20(23)30-17(10)34)2-39-44(35,36)42-13-6(1-28-45(37,38)43-12)40-19(11(13)33)31-4-26-9-14(22)24-3-25-15(9)31/h3-8,10-13,18-19,28,33H,1-2H2,(H,35,36)(H2,22,24,25)(H2,23,30,34)/p-1/t6-,7-,8-,10?,11-,12-,13-,18-,19-/m1/s1. The van der Waals surface area contributed by atoms with Crippen molar-refractivity contribution in [1.82, 2.24) is 34.5 Å². The minimum absolute atomic E-state index is 0.0195. The number of alkyl halides is 1. The number of rotatable bonds is 2. The summed E-state index contributed by atoms with van der Waals surface area (Å²) in [5.74, 6) is -1.42. The molecule has 0 aliphatic carbocycles. The van der Waals surface area contributed by atoms with Gasteiger partial charge in [-0.3, -0.25) is 34.5 Å². The van der Waals surface area contributed by atoms with E-state index in [1.807, 2.05) is 4.72 Å². The summed E-state index contributed by atoms with van der Waals surface area (Å²) in [6.07, 6.45) is -10.6. The number of aliphatic imine (C=N–C) groups is 2. The molecule has 0 saturated carbocycles. The molecule has 3 saturated heterocycles. The number of fused-ring (bicyclic) bond motifs is 4. The number of anilines is 1. The van der Waals surface area contributed by atoms with Gasteiger partial charge in [-0.1, -0.05) is 0 Å². The maximum Gasteiger partial charge on any atom is 0.336 e. The molecule has 2 aromatic heterocycles. The lowest BCUT2D eigenvalue weighted by atomic mass is 10.1. The highest BCUT2D eigenvalue weighted by molar-refractivity contribution is 7.84. The van der Waals surface area contributed by atoms with Crippen LogP contribution >= 0.6 is 7.82 Å². The number of amides is 1. The van der Waals surface area contributed by atoms with Crippen LogP contribution in [0.2, 0.25) is 0 Å². The number of nitrogens with zero attached hydrogens (tertiary/aromatic N) is 7. The first-order chi connectivity index (χ1) is 21.3. The van der Waals surface area contributed by atoms with Crippen molar-refractivity contribution in [2.45, 2.75) is 55.2 Å². The first-order valence-electron chi connectivity index (χ1n) is 13.0. The molecular weight excluding hydrogens is 652 g/mol. The summed E-state index contributed by atoms with van der Waals surface area (Å²) >= 11 is 0. The predicted octanol–water partition coefficient (Wildman–Crippen LogP) is -3.99. The van der Waals surface area contributed by atoms with Crippen LogP contribution in [0, 0.1) is 5.41 Å². The van der Waals surface area contributed by atoms with Gasteiger partial charge in [-0.25, -0.2) is 23.5 Å². The molecule has 2 aromatic rings. The average Bonchev–Trinajstić information content (AvgIpc) is 3.72. The van der Waals surface area contributed by atoms with Gasteiger partial charge >= 0.3 is 10.3 Å². The van der Waals surface area contributed by atoms with Gasteiger partial charge in [-0.2, -0.15) is 18.1 Å². The van der Waals surface area contributed by atoms with Crippen LogP contribution in [0.15, 0.2) is 22.6 Å². The molecule has 5 aliphatic heterocycles. The van der Waals surface area contributed by atoms with Gasteiger partial charge in [0, 0.05) is 6.54 Å². The average molecular weight is 675 g/mol. The van der Waals surface area contributed by atoms with Crippen LogP contribution in [-0.2, 0) is 42.4 Å². The highest BCUT2D eigenvalue weighted by Crippen LogP contribution is 2.46. The number of phosphoric acid groups is 1. The number of aromatic nitrogens is 4.